The van der Waals surface area contributed by atoms with Gasteiger partial charge < -0.3 is 0 Å². The first-order valence-electron chi connectivity index (χ1n) is 4.90. The van der Waals surface area contributed by atoms with Crippen LogP contribution in [0.25, 0.3) is 0 Å². The third-order valence-electron chi connectivity index (χ3n) is 2.30. The summed E-state index contributed by atoms with van der Waals surface area (Å²) in [5.74, 6) is 0.634. The molecule has 1 nitrogen and oxygen atoms in total. The molecule has 0 radical (unpaired) electrons. The number of allylic oxidation sites excluding steroid dienone is 2. The standard InChI is InChI=1S/C11H20IN/c1-5-9(3)10(4)7-8-13-11(12)6-2/h5,8,10-11H,6-7H2,1-4H3/b9-5-,13-8?/t10?,11-/m1/s1. The minimum absolute atomic E-state index is 0.454. The molecule has 0 aromatic carbocycles. The van der Waals surface area contributed by atoms with Gasteiger partial charge in [-0.05, 0) is 32.6 Å². The third kappa shape index (κ3) is 6.24. The van der Waals surface area contributed by atoms with E-state index in [2.05, 4.69) is 67.6 Å². The summed E-state index contributed by atoms with van der Waals surface area (Å²) in [5, 5.41) is 0. The molecule has 76 valence electrons. The highest BCUT2D eigenvalue weighted by Gasteiger charge is 2.01. The van der Waals surface area contributed by atoms with Crippen molar-refractivity contribution in [1.82, 2.24) is 0 Å². The van der Waals surface area contributed by atoms with Crippen LogP contribution in [-0.4, -0.2) is 10.3 Å². The molecule has 0 aliphatic heterocycles. The average molecular weight is 293 g/mol. The SMILES string of the molecule is C/C=C(/C)C(C)CC=N[C@@H](I)CC. The number of hydrogen-bond acceptors (Lipinski definition) is 1. The van der Waals surface area contributed by atoms with Crippen LogP contribution in [0.15, 0.2) is 16.6 Å². The molecular formula is C11H20IN. The fourth-order valence-electron chi connectivity index (χ4n) is 0.909. The monoisotopic (exact) mass is 293 g/mol. The van der Waals surface area contributed by atoms with Gasteiger partial charge in [0.25, 0.3) is 0 Å². The molecule has 13 heavy (non-hydrogen) atoms. The van der Waals surface area contributed by atoms with Crippen molar-refractivity contribution in [2.24, 2.45) is 10.9 Å². The van der Waals surface area contributed by atoms with E-state index < -0.39 is 0 Å². The van der Waals surface area contributed by atoms with Crippen molar-refractivity contribution in [3.05, 3.63) is 11.6 Å². The molecule has 0 amide bonds. The minimum Gasteiger partial charge on any atom is -0.284 e. The Morgan fingerprint density at radius 1 is 1.54 bits per heavy atom. The molecule has 0 bridgehead atoms. The van der Waals surface area contributed by atoms with E-state index >= 15 is 0 Å². The Balaban J connectivity index is 3.82. The number of halogens is 1. The second kappa shape index (κ2) is 7.54. The van der Waals surface area contributed by atoms with Gasteiger partial charge in [-0.1, -0.05) is 48.1 Å². The van der Waals surface area contributed by atoms with E-state index in [4.69, 9.17) is 0 Å². The fraction of sp³-hybridized carbons (Fsp3) is 0.727. The quantitative estimate of drug-likeness (QED) is 0.237. The van der Waals surface area contributed by atoms with Gasteiger partial charge in [0.2, 0.25) is 0 Å². The number of hydrogen-bond donors (Lipinski definition) is 0. The first-order chi connectivity index (χ1) is 6.11. The maximum atomic E-state index is 4.43. The number of rotatable bonds is 5. The molecule has 0 spiro atoms. The summed E-state index contributed by atoms with van der Waals surface area (Å²) in [5.41, 5.74) is 1.45. The van der Waals surface area contributed by atoms with Crippen LogP contribution in [0.2, 0.25) is 0 Å². The van der Waals surface area contributed by atoms with Gasteiger partial charge in [-0.25, -0.2) is 0 Å². The highest BCUT2D eigenvalue weighted by atomic mass is 127. The highest BCUT2D eigenvalue weighted by Crippen LogP contribution is 2.13. The first-order valence-corrected chi connectivity index (χ1v) is 6.14. The van der Waals surface area contributed by atoms with Crippen molar-refractivity contribution < 1.29 is 0 Å². The van der Waals surface area contributed by atoms with Gasteiger partial charge in [0.15, 0.2) is 0 Å². The van der Waals surface area contributed by atoms with E-state index in [0.717, 1.165) is 12.8 Å². The van der Waals surface area contributed by atoms with Crippen LogP contribution in [0.3, 0.4) is 0 Å². The Morgan fingerprint density at radius 3 is 2.62 bits per heavy atom. The van der Waals surface area contributed by atoms with Crippen LogP contribution in [0.1, 0.15) is 40.5 Å². The summed E-state index contributed by atoms with van der Waals surface area (Å²) in [6.07, 6.45) is 6.43. The summed E-state index contributed by atoms with van der Waals surface area (Å²) in [6.45, 7) is 8.68. The molecule has 0 aliphatic rings. The highest BCUT2D eigenvalue weighted by molar-refractivity contribution is 14.1. The van der Waals surface area contributed by atoms with Gasteiger partial charge in [0.05, 0.1) is 0 Å². The normalized spacial score (nSPS) is 17.8. The van der Waals surface area contributed by atoms with E-state index in [-0.39, 0.29) is 0 Å². The van der Waals surface area contributed by atoms with Crippen molar-refractivity contribution in [1.29, 1.82) is 0 Å². The van der Waals surface area contributed by atoms with Crippen molar-refractivity contribution in [2.75, 3.05) is 0 Å². The van der Waals surface area contributed by atoms with Crippen molar-refractivity contribution >= 4 is 28.8 Å². The average Bonchev–Trinajstić information content (AvgIpc) is 2.15. The predicted octanol–water partition coefficient (Wildman–Crippen LogP) is 4.22. The van der Waals surface area contributed by atoms with Gasteiger partial charge in [-0.3, -0.25) is 4.99 Å². The zero-order chi connectivity index (χ0) is 10.3. The van der Waals surface area contributed by atoms with Gasteiger partial charge >= 0.3 is 0 Å². The summed E-state index contributed by atoms with van der Waals surface area (Å²) in [6, 6.07) is 0. The zero-order valence-corrected chi connectivity index (χ0v) is 11.2. The maximum absolute atomic E-state index is 4.43. The number of aliphatic imine (C=N–C) groups is 1. The van der Waals surface area contributed by atoms with E-state index in [0.29, 0.717) is 9.97 Å². The van der Waals surface area contributed by atoms with Gasteiger partial charge in [0.1, 0.15) is 4.05 Å². The van der Waals surface area contributed by atoms with Crippen molar-refractivity contribution in [2.45, 2.75) is 44.6 Å². The molecule has 0 fully saturated rings. The lowest BCUT2D eigenvalue weighted by molar-refractivity contribution is 0.717. The molecule has 2 atom stereocenters. The second-order valence-corrected chi connectivity index (χ2v) is 4.78. The zero-order valence-electron chi connectivity index (χ0n) is 9.05. The Bertz CT molecular complexity index is 185. The number of nitrogens with zero attached hydrogens (tertiary/aromatic N) is 1. The van der Waals surface area contributed by atoms with E-state index in [1.54, 1.807) is 0 Å². The first kappa shape index (κ1) is 13.1. The maximum Gasteiger partial charge on any atom is 0.100 e. The van der Waals surface area contributed by atoms with Crippen LogP contribution < -0.4 is 0 Å². The van der Waals surface area contributed by atoms with Crippen LogP contribution >= 0.6 is 22.6 Å². The lowest BCUT2D eigenvalue weighted by Gasteiger charge is -2.08. The van der Waals surface area contributed by atoms with E-state index in [1.165, 1.54) is 5.57 Å². The van der Waals surface area contributed by atoms with E-state index in [9.17, 15) is 0 Å². The van der Waals surface area contributed by atoms with Crippen LogP contribution in [0, 0.1) is 5.92 Å². The van der Waals surface area contributed by atoms with Gasteiger partial charge in [0, 0.05) is 6.21 Å². The molecule has 0 heterocycles. The van der Waals surface area contributed by atoms with E-state index in [1.807, 2.05) is 0 Å². The van der Waals surface area contributed by atoms with Crippen molar-refractivity contribution in [3.8, 4) is 0 Å². The van der Waals surface area contributed by atoms with Gasteiger partial charge in [-0.2, -0.15) is 0 Å². The summed E-state index contributed by atoms with van der Waals surface area (Å²) < 4.78 is 0.454. The molecular weight excluding hydrogens is 273 g/mol. The summed E-state index contributed by atoms with van der Waals surface area (Å²) >= 11 is 2.37. The smallest absolute Gasteiger partial charge is 0.100 e. The summed E-state index contributed by atoms with van der Waals surface area (Å²) in [7, 11) is 0. The Hall–Kier alpha value is 0.140. The predicted molar refractivity (Wildman–Crippen MR) is 69.8 cm³/mol. The van der Waals surface area contributed by atoms with Gasteiger partial charge in [-0.15, -0.1) is 0 Å². The Kier molecular flexibility index (Phi) is 7.62. The van der Waals surface area contributed by atoms with Crippen LogP contribution in [0.4, 0.5) is 0 Å². The fourth-order valence-corrected chi connectivity index (χ4v) is 1.14. The van der Waals surface area contributed by atoms with Crippen molar-refractivity contribution in [3.63, 3.8) is 0 Å². The Morgan fingerprint density at radius 2 is 2.15 bits per heavy atom. The largest absolute Gasteiger partial charge is 0.284 e. The molecule has 0 aromatic rings. The topological polar surface area (TPSA) is 12.4 Å². The molecule has 2 heteroatoms. The molecule has 0 aliphatic carbocycles. The minimum atomic E-state index is 0.454. The molecule has 0 saturated heterocycles. The Labute approximate surface area is 95.9 Å². The second-order valence-electron chi connectivity index (χ2n) is 3.34. The van der Waals surface area contributed by atoms with Crippen LogP contribution in [-0.2, 0) is 0 Å². The number of alkyl halides is 1. The molecule has 1 unspecified atom stereocenters. The third-order valence-corrected chi connectivity index (χ3v) is 3.50. The molecule has 0 aromatic heterocycles. The van der Waals surface area contributed by atoms with Crippen LogP contribution in [0.5, 0.6) is 0 Å². The molecule has 0 N–H and O–H groups in total. The summed E-state index contributed by atoms with van der Waals surface area (Å²) in [4.78, 5) is 4.43. The molecule has 0 rings (SSSR count). The lowest BCUT2D eigenvalue weighted by atomic mass is 10.00. The molecule has 0 saturated carbocycles. The lowest BCUT2D eigenvalue weighted by Crippen LogP contribution is -1.98.